The molecule has 3 rings (SSSR count). The molecule has 0 bridgehead atoms. The van der Waals surface area contributed by atoms with Crippen LogP contribution in [0, 0.1) is 11.6 Å². The predicted octanol–water partition coefficient (Wildman–Crippen LogP) is 3.52. The quantitative estimate of drug-likeness (QED) is 0.722. The van der Waals surface area contributed by atoms with Gasteiger partial charge >= 0.3 is 0 Å². The number of amides is 2. The molecule has 0 fully saturated rings. The highest BCUT2D eigenvalue weighted by Crippen LogP contribution is 2.18. The molecule has 1 aromatic heterocycles. The molecule has 138 valence electrons. The average molecular weight is 370 g/mol. The second-order valence-corrected chi connectivity index (χ2v) is 5.75. The molecule has 0 saturated carbocycles. The van der Waals surface area contributed by atoms with Crippen LogP contribution in [-0.2, 0) is 11.3 Å². The zero-order valence-electron chi connectivity index (χ0n) is 14.2. The van der Waals surface area contributed by atoms with Crippen LogP contribution in [0.5, 0.6) is 0 Å². The van der Waals surface area contributed by atoms with Gasteiger partial charge in [-0.3, -0.25) is 14.5 Å². The molecule has 1 N–H and O–H groups in total. The van der Waals surface area contributed by atoms with E-state index in [-0.39, 0.29) is 24.7 Å². The fourth-order valence-corrected chi connectivity index (χ4v) is 2.44. The predicted molar refractivity (Wildman–Crippen MR) is 95.0 cm³/mol. The summed E-state index contributed by atoms with van der Waals surface area (Å²) in [6, 6.07) is 14.0. The number of carbonyl (C=O) groups excluding carboxylic acids is 2. The van der Waals surface area contributed by atoms with Crippen LogP contribution >= 0.6 is 0 Å². The Bertz CT molecular complexity index is 907. The monoisotopic (exact) mass is 370 g/mol. The first-order valence-electron chi connectivity index (χ1n) is 8.15. The topological polar surface area (TPSA) is 62.6 Å². The molecule has 5 nitrogen and oxygen atoms in total. The molecule has 0 atom stereocenters. The van der Waals surface area contributed by atoms with E-state index in [0.717, 1.165) is 5.56 Å². The lowest BCUT2D eigenvalue weighted by Gasteiger charge is -2.21. The summed E-state index contributed by atoms with van der Waals surface area (Å²) in [6.07, 6.45) is 1.35. The van der Waals surface area contributed by atoms with Gasteiger partial charge < -0.3 is 9.73 Å². The molecule has 0 aliphatic carbocycles. The second-order valence-electron chi connectivity index (χ2n) is 5.75. The zero-order chi connectivity index (χ0) is 19.2. The third-order valence-corrected chi connectivity index (χ3v) is 3.82. The minimum atomic E-state index is -0.524. The SMILES string of the molecule is O=C(CN(C(=O)c1ccco1)c1ccc(F)cc1)NCc1ccc(F)cc1. The molecule has 0 radical (unpaired) electrons. The lowest BCUT2D eigenvalue weighted by atomic mass is 10.2. The fraction of sp³-hybridized carbons (Fsp3) is 0.100. The van der Waals surface area contributed by atoms with Crippen molar-refractivity contribution >= 4 is 17.5 Å². The molecule has 1 heterocycles. The molecule has 0 aliphatic rings. The largest absolute Gasteiger partial charge is 0.459 e. The van der Waals surface area contributed by atoms with Gasteiger partial charge in [-0.1, -0.05) is 12.1 Å². The maximum atomic E-state index is 13.2. The molecule has 2 amide bonds. The summed E-state index contributed by atoms with van der Waals surface area (Å²) in [5.41, 5.74) is 1.07. The van der Waals surface area contributed by atoms with E-state index in [0.29, 0.717) is 5.69 Å². The van der Waals surface area contributed by atoms with Crippen LogP contribution in [0.15, 0.2) is 71.3 Å². The number of halogens is 2. The van der Waals surface area contributed by atoms with Gasteiger partial charge in [-0.2, -0.15) is 0 Å². The van der Waals surface area contributed by atoms with Gasteiger partial charge in [0.1, 0.15) is 18.2 Å². The van der Waals surface area contributed by atoms with Crippen molar-refractivity contribution in [3.05, 3.63) is 89.9 Å². The number of benzene rings is 2. The molecule has 0 unspecified atom stereocenters. The van der Waals surface area contributed by atoms with E-state index in [1.165, 1.54) is 53.6 Å². The van der Waals surface area contributed by atoms with Gasteiger partial charge in [-0.05, 0) is 54.1 Å². The first-order valence-corrected chi connectivity index (χ1v) is 8.15. The number of hydrogen-bond donors (Lipinski definition) is 1. The van der Waals surface area contributed by atoms with Gasteiger partial charge in [0.15, 0.2) is 5.76 Å². The molecule has 0 aliphatic heterocycles. The van der Waals surface area contributed by atoms with Crippen LogP contribution in [0.4, 0.5) is 14.5 Å². The van der Waals surface area contributed by atoms with E-state index in [4.69, 9.17) is 4.42 Å². The van der Waals surface area contributed by atoms with Crippen molar-refractivity contribution in [1.82, 2.24) is 5.32 Å². The standard InChI is InChI=1S/C20H16F2N2O3/c21-15-5-3-14(4-6-15)12-23-19(25)13-24(17-9-7-16(22)8-10-17)20(26)18-2-1-11-27-18/h1-11H,12-13H2,(H,23,25). The number of anilines is 1. The smallest absolute Gasteiger partial charge is 0.294 e. The maximum Gasteiger partial charge on any atom is 0.294 e. The molecule has 0 saturated heterocycles. The van der Waals surface area contributed by atoms with Crippen LogP contribution in [0.1, 0.15) is 16.1 Å². The molecule has 0 spiro atoms. The number of carbonyl (C=O) groups is 2. The molecule has 27 heavy (non-hydrogen) atoms. The van der Waals surface area contributed by atoms with E-state index in [9.17, 15) is 18.4 Å². The Morgan fingerprint density at radius 3 is 2.15 bits per heavy atom. The third kappa shape index (κ3) is 4.78. The summed E-state index contributed by atoms with van der Waals surface area (Å²) in [5, 5.41) is 2.67. The van der Waals surface area contributed by atoms with Crippen LogP contribution in [0.2, 0.25) is 0 Å². The van der Waals surface area contributed by atoms with Crippen LogP contribution < -0.4 is 10.2 Å². The van der Waals surface area contributed by atoms with E-state index in [2.05, 4.69) is 5.32 Å². The van der Waals surface area contributed by atoms with Gasteiger partial charge in [0.05, 0.1) is 6.26 Å². The minimum Gasteiger partial charge on any atom is -0.459 e. The van der Waals surface area contributed by atoms with Crippen molar-refractivity contribution in [1.29, 1.82) is 0 Å². The summed E-state index contributed by atoms with van der Waals surface area (Å²) in [4.78, 5) is 26.2. The van der Waals surface area contributed by atoms with Crippen LogP contribution in [0.3, 0.4) is 0 Å². The minimum absolute atomic E-state index is 0.0608. The normalized spacial score (nSPS) is 10.4. The van der Waals surface area contributed by atoms with Gasteiger partial charge in [-0.25, -0.2) is 8.78 Å². The number of nitrogens with one attached hydrogen (secondary N) is 1. The Kier molecular flexibility index (Phi) is 5.61. The van der Waals surface area contributed by atoms with Gasteiger partial charge in [0.25, 0.3) is 5.91 Å². The van der Waals surface area contributed by atoms with Crippen molar-refractivity contribution in [3.8, 4) is 0 Å². The third-order valence-electron chi connectivity index (χ3n) is 3.82. The summed E-state index contributed by atoms with van der Waals surface area (Å²) >= 11 is 0. The molecule has 2 aromatic carbocycles. The Morgan fingerprint density at radius 1 is 0.926 bits per heavy atom. The Labute approximate surface area is 154 Å². The van der Waals surface area contributed by atoms with Gasteiger partial charge in [0, 0.05) is 12.2 Å². The first kappa shape index (κ1) is 18.3. The first-order chi connectivity index (χ1) is 13.0. The molecular formula is C20H16F2N2O3. The number of rotatable bonds is 6. The molecule has 3 aromatic rings. The summed E-state index contributed by atoms with van der Waals surface area (Å²) in [7, 11) is 0. The summed E-state index contributed by atoms with van der Waals surface area (Å²) in [5.74, 6) is -1.71. The van der Waals surface area contributed by atoms with Crippen molar-refractivity contribution in [3.63, 3.8) is 0 Å². The van der Waals surface area contributed by atoms with Crippen molar-refractivity contribution in [2.45, 2.75) is 6.54 Å². The van der Waals surface area contributed by atoms with E-state index in [1.807, 2.05) is 0 Å². The van der Waals surface area contributed by atoms with Crippen LogP contribution in [-0.4, -0.2) is 18.4 Å². The van der Waals surface area contributed by atoms with E-state index < -0.39 is 17.6 Å². The highest BCUT2D eigenvalue weighted by atomic mass is 19.1. The molecular weight excluding hydrogens is 354 g/mol. The number of furan rings is 1. The molecule has 7 heteroatoms. The maximum absolute atomic E-state index is 13.2. The summed E-state index contributed by atoms with van der Waals surface area (Å²) < 4.78 is 31.2. The van der Waals surface area contributed by atoms with E-state index >= 15 is 0 Å². The average Bonchev–Trinajstić information content (AvgIpc) is 3.21. The number of hydrogen-bond acceptors (Lipinski definition) is 3. The lowest BCUT2D eigenvalue weighted by molar-refractivity contribution is -0.119. The Morgan fingerprint density at radius 2 is 1.56 bits per heavy atom. The summed E-state index contributed by atoms with van der Waals surface area (Å²) in [6.45, 7) is -0.0995. The van der Waals surface area contributed by atoms with Gasteiger partial charge in [-0.15, -0.1) is 0 Å². The highest BCUT2D eigenvalue weighted by Gasteiger charge is 2.22. The zero-order valence-corrected chi connectivity index (χ0v) is 14.2. The van der Waals surface area contributed by atoms with Crippen LogP contribution in [0.25, 0.3) is 0 Å². The Hall–Kier alpha value is -3.48. The fourth-order valence-electron chi connectivity index (χ4n) is 2.44. The number of nitrogens with zero attached hydrogens (tertiary/aromatic N) is 1. The van der Waals surface area contributed by atoms with Crippen molar-refractivity contribution in [2.75, 3.05) is 11.4 Å². The van der Waals surface area contributed by atoms with Crippen molar-refractivity contribution in [2.24, 2.45) is 0 Å². The van der Waals surface area contributed by atoms with Gasteiger partial charge in [0.2, 0.25) is 5.91 Å². The second kappa shape index (κ2) is 8.27. The highest BCUT2D eigenvalue weighted by molar-refractivity contribution is 6.07. The lowest BCUT2D eigenvalue weighted by Crippen LogP contribution is -2.40. The van der Waals surface area contributed by atoms with E-state index in [1.54, 1.807) is 18.2 Å². The Balaban J connectivity index is 1.72. The van der Waals surface area contributed by atoms with Crippen molar-refractivity contribution < 1.29 is 22.8 Å².